The lowest BCUT2D eigenvalue weighted by Crippen LogP contribution is -2.45. The van der Waals surface area contributed by atoms with Crippen molar-refractivity contribution in [3.63, 3.8) is 0 Å². The monoisotopic (exact) mass is 310 g/mol. The number of hydrogen-bond acceptors (Lipinski definition) is 4. The molecule has 2 aliphatic heterocycles. The predicted molar refractivity (Wildman–Crippen MR) is 79.5 cm³/mol. The van der Waals surface area contributed by atoms with E-state index in [4.69, 9.17) is 4.74 Å². The summed E-state index contributed by atoms with van der Waals surface area (Å²) in [4.78, 5) is 13.7. The number of nitrogens with zero attached hydrogens (tertiary/aromatic N) is 1. The third kappa shape index (κ3) is 3.12. The SMILES string of the molecule is CC1Cc2cc(NC(=O)N3CCS(=O)(=O)CC3)ccc2O1. The molecular formula is C14H18N2O4S. The largest absolute Gasteiger partial charge is 0.490 e. The van der Waals surface area contributed by atoms with Crippen molar-refractivity contribution in [2.45, 2.75) is 19.4 Å². The minimum atomic E-state index is -2.97. The first-order chi connectivity index (χ1) is 9.93. The van der Waals surface area contributed by atoms with Gasteiger partial charge in [0.1, 0.15) is 11.9 Å². The van der Waals surface area contributed by atoms with Gasteiger partial charge in [0.2, 0.25) is 0 Å². The number of hydrogen-bond donors (Lipinski definition) is 1. The fourth-order valence-corrected chi connectivity index (χ4v) is 3.82. The Labute approximate surface area is 124 Å². The van der Waals surface area contributed by atoms with E-state index in [0.29, 0.717) is 5.69 Å². The van der Waals surface area contributed by atoms with Gasteiger partial charge in [-0.25, -0.2) is 13.2 Å². The van der Waals surface area contributed by atoms with Crippen LogP contribution in [0.1, 0.15) is 12.5 Å². The van der Waals surface area contributed by atoms with Gasteiger partial charge in [-0.1, -0.05) is 0 Å². The number of sulfone groups is 1. The Hall–Kier alpha value is -1.76. The van der Waals surface area contributed by atoms with Crippen LogP contribution < -0.4 is 10.1 Å². The Balaban J connectivity index is 1.65. The number of fused-ring (bicyclic) bond motifs is 1. The van der Waals surface area contributed by atoms with Crippen LogP contribution in [0.25, 0.3) is 0 Å². The molecule has 21 heavy (non-hydrogen) atoms. The summed E-state index contributed by atoms with van der Waals surface area (Å²) in [5, 5.41) is 2.82. The van der Waals surface area contributed by atoms with Gasteiger partial charge in [0.15, 0.2) is 9.84 Å². The van der Waals surface area contributed by atoms with E-state index in [1.54, 1.807) is 6.07 Å². The highest BCUT2D eigenvalue weighted by Crippen LogP contribution is 2.31. The fraction of sp³-hybridized carbons (Fsp3) is 0.500. The van der Waals surface area contributed by atoms with Crippen LogP contribution in [0.3, 0.4) is 0 Å². The standard InChI is InChI=1S/C14H18N2O4S/c1-10-8-11-9-12(2-3-13(11)20-10)15-14(17)16-4-6-21(18,19)7-5-16/h2-3,9-10H,4-8H2,1H3,(H,15,17). The van der Waals surface area contributed by atoms with Gasteiger partial charge in [0, 0.05) is 25.2 Å². The summed E-state index contributed by atoms with van der Waals surface area (Å²) in [6, 6.07) is 5.32. The molecule has 0 aliphatic carbocycles. The van der Waals surface area contributed by atoms with Gasteiger partial charge in [-0.2, -0.15) is 0 Å². The normalized spacial score (nSPS) is 23.3. The fourth-order valence-electron chi connectivity index (χ4n) is 2.62. The maximum Gasteiger partial charge on any atom is 0.321 e. The van der Waals surface area contributed by atoms with Crippen molar-refractivity contribution in [2.24, 2.45) is 0 Å². The summed E-state index contributed by atoms with van der Waals surface area (Å²) in [5.41, 5.74) is 1.80. The second-order valence-corrected chi connectivity index (χ2v) is 7.83. The third-order valence-corrected chi connectivity index (χ3v) is 5.39. The molecule has 1 N–H and O–H groups in total. The highest BCUT2D eigenvalue weighted by Gasteiger charge is 2.25. The molecule has 1 fully saturated rings. The lowest BCUT2D eigenvalue weighted by atomic mass is 10.1. The summed E-state index contributed by atoms with van der Waals surface area (Å²) >= 11 is 0. The van der Waals surface area contributed by atoms with Crippen LogP contribution in [0.4, 0.5) is 10.5 Å². The lowest BCUT2D eigenvalue weighted by molar-refractivity contribution is 0.216. The molecule has 0 aromatic heterocycles. The molecule has 2 aliphatic rings. The van der Waals surface area contributed by atoms with E-state index in [1.807, 2.05) is 19.1 Å². The summed E-state index contributed by atoms with van der Waals surface area (Å²) in [5.74, 6) is 0.941. The van der Waals surface area contributed by atoms with Crippen LogP contribution in [0.5, 0.6) is 5.75 Å². The second-order valence-electron chi connectivity index (χ2n) is 5.52. The number of amides is 2. The van der Waals surface area contributed by atoms with Crippen LogP contribution in [0, 0.1) is 0 Å². The van der Waals surface area contributed by atoms with Crippen LogP contribution in [0.15, 0.2) is 18.2 Å². The van der Waals surface area contributed by atoms with E-state index < -0.39 is 9.84 Å². The summed E-state index contributed by atoms with van der Waals surface area (Å²) in [7, 11) is -2.97. The van der Waals surface area contributed by atoms with Gasteiger partial charge >= 0.3 is 6.03 Å². The van der Waals surface area contributed by atoms with E-state index >= 15 is 0 Å². The maximum absolute atomic E-state index is 12.1. The molecule has 2 amide bonds. The Morgan fingerprint density at radius 1 is 1.33 bits per heavy atom. The maximum atomic E-state index is 12.1. The summed E-state index contributed by atoms with van der Waals surface area (Å²) in [6.07, 6.45) is 0.999. The molecule has 0 bridgehead atoms. The average molecular weight is 310 g/mol. The quantitative estimate of drug-likeness (QED) is 0.847. The van der Waals surface area contributed by atoms with Crippen LogP contribution >= 0.6 is 0 Å². The zero-order valence-corrected chi connectivity index (χ0v) is 12.6. The second kappa shape index (κ2) is 5.22. The first kappa shape index (κ1) is 14.2. The molecule has 1 unspecified atom stereocenters. The van der Waals surface area contributed by atoms with Crippen LogP contribution in [-0.2, 0) is 16.3 Å². The van der Waals surface area contributed by atoms with Gasteiger partial charge in [-0.15, -0.1) is 0 Å². The Morgan fingerprint density at radius 3 is 2.76 bits per heavy atom. The van der Waals surface area contributed by atoms with Crippen molar-refractivity contribution >= 4 is 21.6 Å². The molecule has 7 heteroatoms. The van der Waals surface area contributed by atoms with Crippen molar-refractivity contribution in [3.05, 3.63) is 23.8 Å². The highest BCUT2D eigenvalue weighted by molar-refractivity contribution is 7.91. The molecule has 1 aromatic carbocycles. The van der Waals surface area contributed by atoms with Gasteiger partial charge in [0.25, 0.3) is 0 Å². The number of ether oxygens (including phenoxy) is 1. The molecule has 3 rings (SSSR count). The van der Waals surface area contributed by atoms with Crippen molar-refractivity contribution < 1.29 is 17.9 Å². The number of carbonyl (C=O) groups is 1. The molecule has 6 nitrogen and oxygen atoms in total. The van der Waals surface area contributed by atoms with Crippen molar-refractivity contribution in [1.29, 1.82) is 0 Å². The number of carbonyl (C=O) groups excluding carboxylic acids is 1. The van der Waals surface area contributed by atoms with E-state index in [9.17, 15) is 13.2 Å². The van der Waals surface area contributed by atoms with Gasteiger partial charge < -0.3 is 15.0 Å². The zero-order chi connectivity index (χ0) is 15.0. The van der Waals surface area contributed by atoms with Crippen LogP contribution in [-0.4, -0.2) is 50.0 Å². The molecule has 1 atom stereocenters. The predicted octanol–water partition coefficient (Wildman–Crippen LogP) is 1.27. The lowest BCUT2D eigenvalue weighted by Gasteiger charge is -2.26. The number of urea groups is 1. The van der Waals surface area contributed by atoms with Gasteiger partial charge in [-0.3, -0.25) is 0 Å². The Bertz CT molecular complexity index is 658. The molecule has 0 saturated carbocycles. The topological polar surface area (TPSA) is 75.7 Å². The Morgan fingerprint density at radius 2 is 2.05 bits per heavy atom. The highest BCUT2D eigenvalue weighted by atomic mass is 32.2. The van der Waals surface area contributed by atoms with Crippen molar-refractivity contribution in [2.75, 3.05) is 29.9 Å². The summed E-state index contributed by atoms with van der Waals surface area (Å²) < 4.78 is 28.3. The number of nitrogens with one attached hydrogen (secondary N) is 1. The van der Waals surface area contributed by atoms with Gasteiger partial charge in [0.05, 0.1) is 11.5 Å². The molecular weight excluding hydrogens is 292 g/mol. The van der Waals surface area contributed by atoms with E-state index in [-0.39, 0.29) is 36.7 Å². The Kier molecular flexibility index (Phi) is 3.52. The minimum absolute atomic E-state index is 0.0377. The molecule has 1 aromatic rings. The number of rotatable bonds is 1. The molecule has 1 saturated heterocycles. The smallest absolute Gasteiger partial charge is 0.321 e. The van der Waals surface area contributed by atoms with E-state index in [1.165, 1.54) is 4.90 Å². The third-order valence-electron chi connectivity index (χ3n) is 3.78. The molecule has 0 radical (unpaired) electrons. The number of benzene rings is 1. The molecule has 2 heterocycles. The van der Waals surface area contributed by atoms with Gasteiger partial charge in [-0.05, 0) is 30.7 Å². The average Bonchev–Trinajstić information content (AvgIpc) is 2.78. The van der Waals surface area contributed by atoms with E-state index in [0.717, 1.165) is 17.7 Å². The molecule has 0 spiro atoms. The minimum Gasteiger partial charge on any atom is -0.490 e. The zero-order valence-electron chi connectivity index (χ0n) is 11.8. The van der Waals surface area contributed by atoms with E-state index in [2.05, 4.69) is 5.32 Å². The van der Waals surface area contributed by atoms with Crippen molar-refractivity contribution in [1.82, 2.24) is 4.90 Å². The molecule has 114 valence electrons. The first-order valence-electron chi connectivity index (χ1n) is 6.99. The summed E-state index contributed by atoms with van der Waals surface area (Å²) in [6.45, 7) is 2.50. The number of anilines is 1. The van der Waals surface area contributed by atoms with Crippen LogP contribution in [0.2, 0.25) is 0 Å². The van der Waals surface area contributed by atoms with Crippen molar-refractivity contribution in [3.8, 4) is 5.75 Å². The first-order valence-corrected chi connectivity index (χ1v) is 8.81.